The van der Waals surface area contributed by atoms with Gasteiger partial charge in [-0.25, -0.2) is 0 Å². The lowest BCUT2D eigenvalue weighted by Crippen LogP contribution is -2.11. The second kappa shape index (κ2) is 5.31. The monoisotopic (exact) mass is 348 g/mol. The average Bonchev–Trinajstić information content (AvgIpc) is 2.84. The first kappa shape index (κ1) is 13.2. The molecule has 1 heterocycles. The summed E-state index contributed by atoms with van der Waals surface area (Å²) in [6.07, 6.45) is 1.69. The average molecular weight is 350 g/mol. The summed E-state index contributed by atoms with van der Waals surface area (Å²) < 4.78 is 0.970. The maximum absolute atomic E-state index is 12.3. The van der Waals surface area contributed by atoms with Crippen LogP contribution in [0.2, 0.25) is 5.02 Å². The summed E-state index contributed by atoms with van der Waals surface area (Å²) in [7, 11) is 0. The third-order valence-electron chi connectivity index (χ3n) is 2.99. The lowest BCUT2D eigenvalue weighted by Gasteiger charge is -2.04. The lowest BCUT2D eigenvalue weighted by atomic mass is 10.1. The topological polar surface area (TPSA) is 44.9 Å². The van der Waals surface area contributed by atoms with Crippen LogP contribution < -0.4 is 5.32 Å². The third-order valence-corrected chi connectivity index (χ3v) is 3.75. The molecule has 0 fully saturated rings. The second-order valence-corrected chi connectivity index (χ2v) is 5.71. The van der Waals surface area contributed by atoms with E-state index in [1.165, 1.54) is 0 Å². The Kier molecular flexibility index (Phi) is 3.51. The van der Waals surface area contributed by atoms with Crippen molar-refractivity contribution in [2.75, 3.05) is 5.32 Å². The number of aromatic amines is 1. The summed E-state index contributed by atoms with van der Waals surface area (Å²) in [6, 6.07) is 12.8. The number of hydrogen-bond donors (Lipinski definition) is 2. The Morgan fingerprint density at radius 1 is 1.15 bits per heavy atom. The minimum atomic E-state index is -0.152. The van der Waals surface area contributed by atoms with Crippen LogP contribution in [-0.2, 0) is 0 Å². The Morgan fingerprint density at radius 3 is 2.65 bits per heavy atom. The second-order valence-electron chi connectivity index (χ2n) is 4.35. The van der Waals surface area contributed by atoms with Gasteiger partial charge < -0.3 is 10.3 Å². The zero-order valence-electron chi connectivity index (χ0n) is 10.3. The highest BCUT2D eigenvalue weighted by molar-refractivity contribution is 9.10. The Morgan fingerprint density at radius 2 is 1.90 bits per heavy atom. The van der Waals surface area contributed by atoms with Crippen molar-refractivity contribution in [2.24, 2.45) is 0 Å². The zero-order chi connectivity index (χ0) is 14.1. The van der Waals surface area contributed by atoms with Crippen molar-refractivity contribution in [1.82, 2.24) is 4.98 Å². The number of carbonyl (C=O) groups excluding carboxylic acids is 1. The molecule has 1 amide bonds. The SMILES string of the molecule is O=C(Nc1ccc(Br)cc1)c1c[nH]c2cc(Cl)ccc12. The molecule has 0 saturated heterocycles. The van der Waals surface area contributed by atoms with E-state index in [1.54, 1.807) is 18.3 Å². The molecule has 0 aliphatic rings. The number of hydrogen-bond acceptors (Lipinski definition) is 1. The van der Waals surface area contributed by atoms with E-state index in [0.29, 0.717) is 10.6 Å². The first-order valence-electron chi connectivity index (χ1n) is 5.97. The van der Waals surface area contributed by atoms with Crippen molar-refractivity contribution >= 4 is 50.0 Å². The molecule has 20 heavy (non-hydrogen) atoms. The molecule has 0 atom stereocenters. The van der Waals surface area contributed by atoms with Crippen LogP contribution in [0.4, 0.5) is 5.69 Å². The quantitative estimate of drug-likeness (QED) is 0.683. The molecule has 0 aliphatic heterocycles. The fraction of sp³-hybridized carbons (Fsp3) is 0. The van der Waals surface area contributed by atoms with Crippen LogP contribution in [0.3, 0.4) is 0 Å². The maximum Gasteiger partial charge on any atom is 0.257 e. The summed E-state index contributed by atoms with van der Waals surface area (Å²) in [5, 5.41) is 4.35. The number of nitrogens with one attached hydrogen (secondary N) is 2. The highest BCUT2D eigenvalue weighted by Crippen LogP contribution is 2.23. The van der Waals surface area contributed by atoms with Crippen molar-refractivity contribution in [1.29, 1.82) is 0 Å². The number of H-pyrrole nitrogens is 1. The Hall–Kier alpha value is -1.78. The van der Waals surface area contributed by atoms with E-state index in [4.69, 9.17) is 11.6 Å². The molecule has 0 spiro atoms. The van der Waals surface area contributed by atoms with Gasteiger partial charge in [0, 0.05) is 32.3 Å². The van der Waals surface area contributed by atoms with Gasteiger partial charge in [0.1, 0.15) is 0 Å². The molecule has 2 aromatic carbocycles. The zero-order valence-corrected chi connectivity index (χ0v) is 12.6. The predicted octanol–water partition coefficient (Wildman–Crippen LogP) is 4.84. The normalized spacial score (nSPS) is 10.7. The van der Waals surface area contributed by atoms with E-state index in [1.807, 2.05) is 30.3 Å². The van der Waals surface area contributed by atoms with Gasteiger partial charge in [-0.05, 0) is 36.4 Å². The van der Waals surface area contributed by atoms with Gasteiger partial charge in [0.2, 0.25) is 0 Å². The van der Waals surface area contributed by atoms with Gasteiger partial charge in [0.15, 0.2) is 0 Å². The molecular weight excluding hydrogens is 340 g/mol. The number of rotatable bonds is 2. The number of fused-ring (bicyclic) bond motifs is 1. The smallest absolute Gasteiger partial charge is 0.257 e. The predicted molar refractivity (Wildman–Crippen MR) is 85.4 cm³/mol. The van der Waals surface area contributed by atoms with Gasteiger partial charge >= 0.3 is 0 Å². The molecule has 3 rings (SSSR count). The molecule has 3 aromatic rings. The van der Waals surface area contributed by atoms with Crippen LogP contribution >= 0.6 is 27.5 Å². The molecule has 2 N–H and O–H groups in total. The Balaban J connectivity index is 1.91. The standard InChI is InChI=1S/C15H10BrClN2O/c16-9-1-4-11(5-2-9)19-15(20)13-8-18-14-7-10(17)3-6-12(13)14/h1-8,18H,(H,19,20). The van der Waals surface area contributed by atoms with Gasteiger partial charge in [0.05, 0.1) is 5.56 Å². The molecule has 0 aliphatic carbocycles. The van der Waals surface area contributed by atoms with Crippen LogP contribution in [0.15, 0.2) is 53.1 Å². The fourth-order valence-electron chi connectivity index (χ4n) is 2.02. The molecule has 100 valence electrons. The third kappa shape index (κ3) is 2.57. The van der Waals surface area contributed by atoms with Gasteiger partial charge in [0.25, 0.3) is 5.91 Å². The molecule has 0 unspecified atom stereocenters. The minimum absolute atomic E-state index is 0.152. The number of anilines is 1. The molecule has 0 radical (unpaired) electrons. The largest absolute Gasteiger partial charge is 0.360 e. The van der Waals surface area contributed by atoms with E-state index >= 15 is 0 Å². The summed E-state index contributed by atoms with van der Waals surface area (Å²) in [5.74, 6) is -0.152. The van der Waals surface area contributed by atoms with Crippen LogP contribution in [0, 0.1) is 0 Å². The van der Waals surface area contributed by atoms with Crippen molar-refractivity contribution in [3.63, 3.8) is 0 Å². The van der Waals surface area contributed by atoms with E-state index in [9.17, 15) is 4.79 Å². The van der Waals surface area contributed by atoms with Gasteiger partial charge in [-0.15, -0.1) is 0 Å². The Labute approximate surface area is 129 Å². The minimum Gasteiger partial charge on any atom is -0.360 e. The van der Waals surface area contributed by atoms with Crippen LogP contribution in [0.25, 0.3) is 10.9 Å². The molecular formula is C15H10BrClN2O. The molecule has 0 saturated carbocycles. The Bertz CT molecular complexity index is 780. The molecule has 1 aromatic heterocycles. The number of benzene rings is 2. The van der Waals surface area contributed by atoms with E-state index < -0.39 is 0 Å². The van der Waals surface area contributed by atoms with Gasteiger partial charge in [-0.1, -0.05) is 33.6 Å². The van der Waals surface area contributed by atoms with Crippen molar-refractivity contribution in [3.05, 3.63) is 63.7 Å². The fourth-order valence-corrected chi connectivity index (χ4v) is 2.45. The van der Waals surface area contributed by atoms with Gasteiger partial charge in [-0.3, -0.25) is 4.79 Å². The summed E-state index contributed by atoms with van der Waals surface area (Å²) in [6.45, 7) is 0. The summed E-state index contributed by atoms with van der Waals surface area (Å²) in [4.78, 5) is 15.3. The summed E-state index contributed by atoms with van der Waals surface area (Å²) in [5.41, 5.74) is 2.19. The van der Waals surface area contributed by atoms with Gasteiger partial charge in [-0.2, -0.15) is 0 Å². The van der Waals surface area contributed by atoms with Crippen LogP contribution in [0.1, 0.15) is 10.4 Å². The molecule has 5 heteroatoms. The van der Waals surface area contributed by atoms with Crippen molar-refractivity contribution in [3.8, 4) is 0 Å². The summed E-state index contributed by atoms with van der Waals surface area (Å²) >= 11 is 9.29. The highest BCUT2D eigenvalue weighted by Gasteiger charge is 2.12. The molecule has 3 nitrogen and oxygen atoms in total. The first-order chi connectivity index (χ1) is 9.63. The van der Waals surface area contributed by atoms with E-state index in [0.717, 1.165) is 21.1 Å². The number of halogens is 2. The maximum atomic E-state index is 12.3. The molecule has 0 bridgehead atoms. The van der Waals surface area contributed by atoms with Crippen molar-refractivity contribution < 1.29 is 4.79 Å². The van der Waals surface area contributed by atoms with Crippen LogP contribution in [0.5, 0.6) is 0 Å². The number of carbonyl (C=O) groups is 1. The highest BCUT2D eigenvalue weighted by atomic mass is 79.9. The first-order valence-corrected chi connectivity index (χ1v) is 7.14. The number of aromatic nitrogens is 1. The van der Waals surface area contributed by atoms with E-state index in [2.05, 4.69) is 26.2 Å². The lowest BCUT2D eigenvalue weighted by molar-refractivity contribution is 0.102. The van der Waals surface area contributed by atoms with E-state index in [-0.39, 0.29) is 5.91 Å². The van der Waals surface area contributed by atoms with Crippen LogP contribution in [-0.4, -0.2) is 10.9 Å². The number of amides is 1. The van der Waals surface area contributed by atoms with Crippen molar-refractivity contribution in [2.45, 2.75) is 0 Å².